The fraction of sp³-hybridized carbons (Fsp3) is 0.429. The van der Waals surface area contributed by atoms with Crippen LogP contribution < -0.4 is 0 Å². The lowest BCUT2D eigenvalue weighted by atomic mass is 9.87. The second-order valence-corrected chi connectivity index (χ2v) is 4.49. The molecule has 0 radical (unpaired) electrons. The summed E-state index contributed by atoms with van der Waals surface area (Å²) in [5, 5.41) is 9.59. The van der Waals surface area contributed by atoms with E-state index in [1.807, 2.05) is 25.3 Å². The quantitative estimate of drug-likeness (QED) is 0.744. The lowest BCUT2D eigenvalue weighted by Gasteiger charge is -2.30. The smallest absolute Gasteiger partial charge is 0.136 e. The highest BCUT2D eigenvalue weighted by Gasteiger charge is 2.42. The van der Waals surface area contributed by atoms with Crippen molar-refractivity contribution in [3.8, 4) is 6.07 Å². The van der Waals surface area contributed by atoms with E-state index in [2.05, 4.69) is 22.5 Å². The van der Waals surface area contributed by atoms with E-state index in [-0.39, 0.29) is 0 Å². The number of nitrogens with zero attached hydrogens (tertiary/aromatic N) is 3. The number of rotatable bonds is 3. The van der Waals surface area contributed by atoms with E-state index >= 15 is 0 Å². The molecule has 3 nitrogen and oxygen atoms in total. The maximum absolute atomic E-state index is 9.59. The maximum atomic E-state index is 9.59. The largest absolute Gasteiger partial charge is 0.285 e. The van der Waals surface area contributed by atoms with E-state index < -0.39 is 5.54 Å². The van der Waals surface area contributed by atoms with Crippen molar-refractivity contribution >= 4 is 0 Å². The SMILES string of the molecule is C=CCc1ncccc1[C@]1(C#N)CCCN1C. The van der Waals surface area contributed by atoms with Crippen molar-refractivity contribution in [3.63, 3.8) is 0 Å². The molecule has 1 fully saturated rings. The molecule has 0 amide bonds. The first-order valence-corrected chi connectivity index (χ1v) is 5.92. The molecular weight excluding hydrogens is 210 g/mol. The Hall–Kier alpha value is -1.66. The summed E-state index contributed by atoms with van der Waals surface area (Å²) in [7, 11) is 2.01. The molecule has 2 heterocycles. The molecule has 0 aliphatic carbocycles. The first kappa shape index (κ1) is 11.8. The summed E-state index contributed by atoms with van der Waals surface area (Å²) in [5.74, 6) is 0. The molecule has 17 heavy (non-hydrogen) atoms. The first-order valence-electron chi connectivity index (χ1n) is 5.92. The molecule has 3 heteroatoms. The average molecular weight is 227 g/mol. The third kappa shape index (κ3) is 1.85. The summed E-state index contributed by atoms with van der Waals surface area (Å²) in [6.45, 7) is 4.72. The molecule has 0 spiro atoms. The molecule has 2 rings (SSSR count). The van der Waals surface area contributed by atoms with Gasteiger partial charge < -0.3 is 0 Å². The third-order valence-electron chi connectivity index (χ3n) is 3.54. The van der Waals surface area contributed by atoms with Crippen molar-refractivity contribution in [3.05, 3.63) is 42.2 Å². The molecular formula is C14H17N3. The maximum Gasteiger partial charge on any atom is 0.136 e. The van der Waals surface area contributed by atoms with Crippen LogP contribution in [0.1, 0.15) is 24.1 Å². The number of allylic oxidation sites excluding steroid dienone is 1. The van der Waals surface area contributed by atoms with Gasteiger partial charge in [0.1, 0.15) is 5.54 Å². The zero-order chi connectivity index (χ0) is 12.3. The van der Waals surface area contributed by atoms with Gasteiger partial charge in [0.25, 0.3) is 0 Å². The number of pyridine rings is 1. The molecule has 88 valence electrons. The summed E-state index contributed by atoms with van der Waals surface area (Å²) in [6, 6.07) is 6.43. The number of hydrogen-bond acceptors (Lipinski definition) is 3. The summed E-state index contributed by atoms with van der Waals surface area (Å²) in [5.41, 5.74) is 1.52. The summed E-state index contributed by atoms with van der Waals surface area (Å²) in [6.07, 6.45) is 6.28. The minimum Gasteiger partial charge on any atom is -0.285 e. The highest BCUT2D eigenvalue weighted by Crippen LogP contribution is 2.38. The van der Waals surface area contributed by atoms with Crippen LogP contribution in [-0.4, -0.2) is 23.5 Å². The zero-order valence-corrected chi connectivity index (χ0v) is 10.2. The van der Waals surface area contributed by atoms with Crippen molar-refractivity contribution in [1.29, 1.82) is 5.26 Å². The van der Waals surface area contributed by atoms with Crippen molar-refractivity contribution < 1.29 is 0 Å². The van der Waals surface area contributed by atoms with Gasteiger partial charge >= 0.3 is 0 Å². The summed E-state index contributed by atoms with van der Waals surface area (Å²) < 4.78 is 0. The van der Waals surface area contributed by atoms with Crippen LogP contribution in [0.3, 0.4) is 0 Å². The fourth-order valence-corrected chi connectivity index (χ4v) is 2.61. The van der Waals surface area contributed by atoms with Crippen molar-refractivity contribution in [2.75, 3.05) is 13.6 Å². The van der Waals surface area contributed by atoms with Crippen LogP contribution >= 0.6 is 0 Å². The Balaban J connectivity index is 2.51. The molecule has 1 aromatic rings. The van der Waals surface area contributed by atoms with Crippen molar-refractivity contribution in [1.82, 2.24) is 9.88 Å². The van der Waals surface area contributed by atoms with Gasteiger partial charge in [-0.05, 0) is 32.5 Å². The minimum atomic E-state index is -0.493. The molecule has 0 saturated carbocycles. The van der Waals surface area contributed by atoms with Crippen LogP contribution in [0.25, 0.3) is 0 Å². The second kappa shape index (κ2) is 4.68. The number of aromatic nitrogens is 1. The van der Waals surface area contributed by atoms with Crippen LogP contribution in [0.15, 0.2) is 31.0 Å². The minimum absolute atomic E-state index is 0.493. The predicted octanol–water partition coefficient (Wildman–Crippen LogP) is 2.25. The van der Waals surface area contributed by atoms with E-state index in [9.17, 15) is 5.26 Å². The van der Waals surface area contributed by atoms with Crippen LogP contribution in [0, 0.1) is 11.3 Å². The Bertz CT molecular complexity index is 461. The molecule has 0 bridgehead atoms. The van der Waals surface area contributed by atoms with E-state index in [1.54, 1.807) is 6.20 Å². The Morgan fingerprint density at radius 1 is 1.71 bits per heavy atom. The van der Waals surface area contributed by atoms with E-state index in [0.29, 0.717) is 6.42 Å². The average Bonchev–Trinajstić information content (AvgIpc) is 2.73. The molecule has 1 atom stereocenters. The van der Waals surface area contributed by atoms with Gasteiger partial charge in [-0.1, -0.05) is 12.1 Å². The van der Waals surface area contributed by atoms with Crippen molar-refractivity contribution in [2.45, 2.75) is 24.8 Å². The molecule has 1 aromatic heterocycles. The monoisotopic (exact) mass is 227 g/mol. The van der Waals surface area contributed by atoms with E-state index in [1.165, 1.54) is 0 Å². The lowest BCUT2D eigenvalue weighted by Crippen LogP contribution is -2.38. The van der Waals surface area contributed by atoms with Gasteiger partial charge in [-0.3, -0.25) is 9.88 Å². The molecule has 1 aliphatic rings. The summed E-state index contributed by atoms with van der Waals surface area (Å²) in [4.78, 5) is 6.53. The molecule has 0 unspecified atom stereocenters. The highest BCUT2D eigenvalue weighted by molar-refractivity contribution is 5.36. The van der Waals surface area contributed by atoms with Gasteiger partial charge in [0.05, 0.1) is 11.8 Å². The predicted molar refractivity (Wildman–Crippen MR) is 67.3 cm³/mol. The molecule has 1 saturated heterocycles. The number of hydrogen-bond donors (Lipinski definition) is 0. The normalized spacial score (nSPS) is 24.5. The van der Waals surface area contributed by atoms with Gasteiger partial charge in [0, 0.05) is 18.2 Å². The number of likely N-dealkylation sites (tertiary alicyclic amines) is 1. The topological polar surface area (TPSA) is 39.9 Å². The third-order valence-corrected chi connectivity index (χ3v) is 3.54. The second-order valence-electron chi connectivity index (χ2n) is 4.49. The van der Waals surface area contributed by atoms with E-state index in [0.717, 1.165) is 30.6 Å². The van der Waals surface area contributed by atoms with Crippen LogP contribution in [-0.2, 0) is 12.0 Å². The van der Waals surface area contributed by atoms with Crippen LogP contribution in [0.5, 0.6) is 0 Å². The van der Waals surface area contributed by atoms with Gasteiger partial charge in [-0.15, -0.1) is 6.58 Å². The summed E-state index contributed by atoms with van der Waals surface area (Å²) >= 11 is 0. The Kier molecular flexibility index (Phi) is 3.26. The molecule has 0 N–H and O–H groups in total. The standard InChI is InChI=1S/C14H17N3/c1-3-6-13-12(7-4-9-16-13)14(11-15)8-5-10-17(14)2/h3-4,7,9H,1,5-6,8,10H2,2H3/t14-/m1/s1. The van der Waals surface area contributed by atoms with Crippen LogP contribution in [0.2, 0.25) is 0 Å². The van der Waals surface area contributed by atoms with Crippen LogP contribution in [0.4, 0.5) is 0 Å². The lowest BCUT2D eigenvalue weighted by molar-refractivity contribution is 0.239. The van der Waals surface area contributed by atoms with Gasteiger partial charge in [0.15, 0.2) is 0 Å². The van der Waals surface area contributed by atoms with Gasteiger partial charge in [-0.2, -0.15) is 5.26 Å². The Morgan fingerprint density at radius 3 is 3.12 bits per heavy atom. The first-order chi connectivity index (χ1) is 8.24. The number of nitriles is 1. The Morgan fingerprint density at radius 2 is 2.53 bits per heavy atom. The van der Waals surface area contributed by atoms with Gasteiger partial charge in [0.2, 0.25) is 0 Å². The zero-order valence-electron chi connectivity index (χ0n) is 10.2. The molecule has 0 aromatic carbocycles. The Labute approximate surface area is 102 Å². The van der Waals surface area contributed by atoms with Crippen molar-refractivity contribution in [2.24, 2.45) is 0 Å². The van der Waals surface area contributed by atoms with Gasteiger partial charge in [-0.25, -0.2) is 0 Å². The van der Waals surface area contributed by atoms with E-state index in [4.69, 9.17) is 0 Å². The molecule has 1 aliphatic heterocycles. The fourth-order valence-electron chi connectivity index (χ4n) is 2.61. The highest BCUT2D eigenvalue weighted by atomic mass is 15.2.